The summed E-state index contributed by atoms with van der Waals surface area (Å²) in [4.78, 5) is 26.2. The number of nitriles is 1. The molecule has 0 aliphatic heterocycles. The number of methoxy groups -OCH3 is 2. The van der Waals surface area contributed by atoms with Crippen molar-refractivity contribution >= 4 is 23.5 Å². The largest absolute Gasteiger partial charge is 0.493 e. The van der Waals surface area contributed by atoms with Crippen molar-refractivity contribution in [3.05, 3.63) is 22.7 Å². The molecule has 0 spiro atoms. The summed E-state index contributed by atoms with van der Waals surface area (Å²) in [5.74, 6) is -0.543. The summed E-state index contributed by atoms with van der Waals surface area (Å²) in [5, 5.41) is 9.75. The van der Waals surface area contributed by atoms with Gasteiger partial charge >= 0.3 is 5.97 Å². The van der Waals surface area contributed by atoms with Crippen LogP contribution in [0.15, 0.2) is 12.1 Å². The quantitative estimate of drug-likeness (QED) is 0.688. The molecule has 0 bridgehead atoms. The van der Waals surface area contributed by atoms with Crippen molar-refractivity contribution in [2.75, 3.05) is 27.9 Å². The Bertz CT molecular complexity index is 753. The molecule has 27 heavy (non-hydrogen) atoms. The average molecular weight is 395 g/mol. The van der Waals surface area contributed by atoms with Crippen LogP contribution in [0.1, 0.15) is 42.5 Å². The predicted molar refractivity (Wildman–Crippen MR) is 99.0 cm³/mol. The van der Waals surface area contributed by atoms with Crippen molar-refractivity contribution in [3.63, 3.8) is 0 Å². The number of likely N-dealkylation sites (N-methyl/N-ethyl adjacent to an activating group) is 1. The minimum Gasteiger partial charge on any atom is -0.493 e. The third kappa shape index (κ3) is 4.45. The number of carbonyl (C=O) groups excluding carboxylic acids is 2. The van der Waals surface area contributed by atoms with Crippen LogP contribution in [0.2, 0.25) is 5.02 Å². The molecule has 0 aromatic heterocycles. The maximum absolute atomic E-state index is 12.5. The van der Waals surface area contributed by atoms with Gasteiger partial charge in [-0.25, -0.2) is 4.79 Å². The molecule has 1 aromatic carbocycles. The molecule has 1 amide bonds. The van der Waals surface area contributed by atoms with Gasteiger partial charge in [-0.05, 0) is 25.0 Å². The van der Waals surface area contributed by atoms with Crippen LogP contribution >= 0.6 is 11.6 Å². The third-order valence-electron chi connectivity index (χ3n) is 4.90. The highest BCUT2D eigenvalue weighted by Gasteiger charge is 2.39. The summed E-state index contributed by atoms with van der Waals surface area (Å²) in [6.07, 6.45) is 4.11. The fraction of sp³-hybridized carbons (Fsp3) is 0.526. The van der Waals surface area contributed by atoms with Crippen molar-refractivity contribution in [1.82, 2.24) is 4.90 Å². The van der Waals surface area contributed by atoms with Gasteiger partial charge < -0.3 is 19.1 Å². The Morgan fingerprint density at radius 2 is 1.89 bits per heavy atom. The van der Waals surface area contributed by atoms with E-state index in [1.807, 2.05) is 0 Å². The molecular formula is C19H23ClN2O5. The first-order chi connectivity index (χ1) is 12.9. The Hall–Kier alpha value is -2.46. The Kier molecular flexibility index (Phi) is 6.92. The molecular weight excluding hydrogens is 372 g/mol. The molecule has 1 saturated carbocycles. The van der Waals surface area contributed by atoms with Crippen LogP contribution in [0.4, 0.5) is 0 Å². The standard InChI is InChI=1S/C19H23ClN2O5/c1-22(19(12-21)7-5-4-6-8-19)16(23)11-27-18(24)13-9-14(20)17(26-3)15(10-13)25-2/h9-10H,4-8,11H2,1-3H3. The lowest BCUT2D eigenvalue weighted by atomic mass is 9.81. The van der Waals surface area contributed by atoms with Gasteiger partial charge in [0, 0.05) is 7.05 Å². The molecule has 1 aliphatic carbocycles. The van der Waals surface area contributed by atoms with Gasteiger partial charge in [0.2, 0.25) is 0 Å². The van der Waals surface area contributed by atoms with Gasteiger partial charge in [-0.1, -0.05) is 30.9 Å². The average Bonchev–Trinajstić information content (AvgIpc) is 2.70. The number of rotatable bonds is 6. The number of hydrogen-bond acceptors (Lipinski definition) is 6. The van der Waals surface area contributed by atoms with Crippen LogP contribution in [0, 0.1) is 11.3 Å². The van der Waals surface area contributed by atoms with Crippen molar-refractivity contribution in [3.8, 4) is 17.6 Å². The monoisotopic (exact) mass is 394 g/mol. The normalized spacial score (nSPS) is 15.4. The molecule has 1 fully saturated rings. The van der Waals surface area contributed by atoms with E-state index in [9.17, 15) is 14.9 Å². The summed E-state index contributed by atoms with van der Waals surface area (Å²) in [7, 11) is 4.44. The zero-order valence-corrected chi connectivity index (χ0v) is 16.5. The highest BCUT2D eigenvalue weighted by atomic mass is 35.5. The van der Waals surface area contributed by atoms with E-state index in [0.29, 0.717) is 18.6 Å². The van der Waals surface area contributed by atoms with E-state index in [1.54, 1.807) is 7.05 Å². The van der Waals surface area contributed by atoms with E-state index < -0.39 is 24.0 Å². The SMILES string of the molecule is COc1cc(C(=O)OCC(=O)N(C)C2(C#N)CCCCC2)cc(Cl)c1OC. The molecule has 8 heteroatoms. The summed E-state index contributed by atoms with van der Waals surface area (Å²) in [5.41, 5.74) is -0.685. The molecule has 0 saturated heterocycles. The molecule has 0 unspecified atom stereocenters. The smallest absolute Gasteiger partial charge is 0.338 e. The van der Waals surface area contributed by atoms with Crippen molar-refractivity contribution in [1.29, 1.82) is 5.26 Å². The Balaban J connectivity index is 2.06. The lowest BCUT2D eigenvalue weighted by Gasteiger charge is -2.38. The van der Waals surface area contributed by atoms with Crippen molar-refractivity contribution < 1.29 is 23.8 Å². The van der Waals surface area contributed by atoms with Crippen LogP contribution in [-0.4, -0.2) is 50.2 Å². The topological polar surface area (TPSA) is 88.9 Å². The zero-order valence-electron chi connectivity index (χ0n) is 15.7. The summed E-state index contributed by atoms with van der Waals surface area (Å²) >= 11 is 6.09. The van der Waals surface area contributed by atoms with Crippen molar-refractivity contribution in [2.45, 2.75) is 37.6 Å². The van der Waals surface area contributed by atoms with Crippen LogP contribution in [-0.2, 0) is 9.53 Å². The van der Waals surface area contributed by atoms with Crippen LogP contribution in [0.5, 0.6) is 11.5 Å². The minimum atomic E-state index is -0.825. The second-order valence-electron chi connectivity index (χ2n) is 6.43. The number of hydrogen-bond donors (Lipinski definition) is 0. The maximum atomic E-state index is 12.5. The van der Waals surface area contributed by atoms with E-state index in [4.69, 9.17) is 25.8 Å². The van der Waals surface area contributed by atoms with Gasteiger partial charge in [0.15, 0.2) is 18.1 Å². The number of amides is 1. The highest BCUT2D eigenvalue weighted by Crippen LogP contribution is 2.36. The second-order valence-corrected chi connectivity index (χ2v) is 6.83. The van der Waals surface area contributed by atoms with Gasteiger partial charge in [0.1, 0.15) is 5.54 Å². The van der Waals surface area contributed by atoms with Crippen LogP contribution in [0.3, 0.4) is 0 Å². The van der Waals surface area contributed by atoms with Gasteiger partial charge in [0.25, 0.3) is 5.91 Å². The first-order valence-electron chi connectivity index (χ1n) is 8.65. The first-order valence-corrected chi connectivity index (χ1v) is 9.03. The Morgan fingerprint density at radius 1 is 1.22 bits per heavy atom. The van der Waals surface area contributed by atoms with E-state index >= 15 is 0 Å². The molecule has 0 N–H and O–H groups in total. The molecule has 0 heterocycles. The number of benzene rings is 1. The van der Waals surface area contributed by atoms with Crippen molar-refractivity contribution in [2.24, 2.45) is 0 Å². The van der Waals surface area contributed by atoms with Gasteiger partial charge in [-0.2, -0.15) is 5.26 Å². The third-order valence-corrected chi connectivity index (χ3v) is 5.18. The number of halogens is 1. The van der Waals surface area contributed by atoms with Gasteiger partial charge in [0.05, 0.1) is 30.9 Å². The van der Waals surface area contributed by atoms with Gasteiger partial charge in [-0.15, -0.1) is 0 Å². The molecule has 0 atom stereocenters. The number of ether oxygens (including phenoxy) is 3. The molecule has 1 aromatic rings. The zero-order chi connectivity index (χ0) is 20.0. The van der Waals surface area contributed by atoms with E-state index in [0.717, 1.165) is 19.3 Å². The van der Waals surface area contributed by atoms with Crippen LogP contribution < -0.4 is 9.47 Å². The summed E-state index contributed by atoms with van der Waals surface area (Å²) in [6.45, 7) is -0.454. The molecule has 7 nitrogen and oxygen atoms in total. The summed E-state index contributed by atoms with van der Waals surface area (Å²) < 4.78 is 15.4. The molecule has 146 valence electrons. The van der Waals surface area contributed by atoms with E-state index in [1.165, 1.54) is 31.3 Å². The number of carbonyl (C=O) groups is 2. The predicted octanol–water partition coefficient (Wildman–Crippen LogP) is 3.20. The fourth-order valence-corrected chi connectivity index (χ4v) is 3.53. The van der Waals surface area contributed by atoms with Gasteiger partial charge in [-0.3, -0.25) is 4.79 Å². The number of esters is 1. The first kappa shape index (κ1) is 20.8. The lowest BCUT2D eigenvalue weighted by molar-refractivity contribution is -0.138. The Labute approximate surface area is 163 Å². The lowest BCUT2D eigenvalue weighted by Crippen LogP contribution is -2.51. The van der Waals surface area contributed by atoms with Crippen LogP contribution in [0.25, 0.3) is 0 Å². The highest BCUT2D eigenvalue weighted by molar-refractivity contribution is 6.32. The van der Waals surface area contributed by atoms with E-state index in [2.05, 4.69) is 6.07 Å². The number of nitrogens with zero attached hydrogens (tertiary/aromatic N) is 2. The summed E-state index contributed by atoms with van der Waals surface area (Å²) in [6, 6.07) is 5.09. The molecule has 0 radical (unpaired) electrons. The van der Waals surface area contributed by atoms with E-state index in [-0.39, 0.29) is 16.3 Å². The molecule has 1 aliphatic rings. The maximum Gasteiger partial charge on any atom is 0.338 e. The second kappa shape index (κ2) is 8.96. The Morgan fingerprint density at radius 3 is 2.44 bits per heavy atom. The molecule has 2 rings (SSSR count). The minimum absolute atomic E-state index is 0.140. The fourth-order valence-electron chi connectivity index (χ4n) is 3.24.